The van der Waals surface area contributed by atoms with E-state index in [0.29, 0.717) is 6.04 Å². The van der Waals surface area contributed by atoms with Crippen LogP contribution >= 0.6 is 0 Å². The van der Waals surface area contributed by atoms with Crippen LogP contribution in [0.5, 0.6) is 0 Å². The fraction of sp³-hybridized carbons (Fsp3) is 0.611. The Morgan fingerprint density at radius 1 is 1.18 bits per heavy atom. The van der Waals surface area contributed by atoms with Crippen molar-refractivity contribution in [1.82, 2.24) is 4.90 Å². The highest BCUT2D eigenvalue weighted by Crippen LogP contribution is 2.22. The lowest BCUT2D eigenvalue weighted by molar-refractivity contribution is 0.160. The number of anilines is 2. The van der Waals surface area contributed by atoms with Gasteiger partial charge in [-0.05, 0) is 63.8 Å². The van der Waals surface area contributed by atoms with E-state index < -0.39 is 0 Å². The molecule has 4 heteroatoms. The van der Waals surface area contributed by atoms with Gasteiger partial charge in [-0.3, -0.25) is 0 Å². The van der Waals surface area contributed by atoms with Crippen LogP contribution in [0.4, 0.5) is 16.2 Å². The number of likely N-dealkylation sites (tertiary alicyclic amines) is 1. The van der Waals surface area contributed by atoms with Crippen LogP contribution in [-0.2, 0) is 0 Å². The maximum Gasteiger partial charge on any atom is 0.322 e. The molecule has 1 saturated heterocycles. The van der Waals surface area contributed by atoms with Crippen molar-refractivity contribution in [1.29, 1.82) is 0 Å². The first kappa shape index (κ1) is 16.7. The van der Waals surface area contributed by atoms with E-state index in [1.165, 1.54) is 12.1 Å². The van der Waals surface area contributed by atoms with Gasteiger partial charge in [0.2, 0.25) is 0 Å². The van der Waals surface area contributed by atoms with Crippen LogP contribution in [0.2, 0.25) is 0 Å². The Balaban J connectivity index is 1.99. The van der Waals surface area contributed by atoms with Crippen molar-refractivity contribution in [3.8, 4) is 0 Å². The van der Waals surface area contributed by atoms with Gasteiger partial charge in [0.15, 0.2) is 0 Å². The van der Waals surface area contributed by atoms with Gasteiger partial charge >= 0.3 is 6.03 Å². The molecule has 4 nitrogen and oxygen atoms in total. The average Bonchev–Trinajstić information content (AvgIpc) is 2.57. The number of hydrogen-bond donors (Lipinski definition) is 1. The first-order valence-corrected chi connectivity index (χ1v) is 8.62. The number of piperidine rings is 1. The van der Waals surface area contributed by atoms with Gasteiger partial charge in [-0.15, -0.1) is 0 Å². The van der Waals surface area contributed by atoms with E-state index in [1.807, 2.05) is 17.0 Å². The summed E-state index contributed by atoms with van der Waals surface area (Å²) >= 11 is 0. The third-order valence-electron chi connectivity index (χ3n) is 4.61. The summed E-state index contributed by atoms with van der Waals surface area (Å²) in [7, 11) is 0. The summed E-state index contributed by atoms with van der Waals surface area (Å²) in [5.74, 6) is 0. The van der Waals surface area contributed by atoms with Crippen LogP contribution in [0.3, 0.4) is 0 Å². The fourth-order valence-electron chi connectivity index (χ4n) is 3.23. The van der Waals surface area contributed by atoms with Crippen molar-refractivity contribution in [2.24, 2.45) is 0 Å². The summed E-state index contributed by atoms with van der Waals surface area (Å²) < 4.78 is 0. The Labute approximate surface area is 134 Å². The molecule has 1 heterocycles. The number of rotatable bonds is 5. The molecule has 0 aliphatic carbocycles. The summed E-state index contributed by atoms with van der Waals surface area (Å²) in [6.07, 6.45) is 4.52. The first-order chi connectivity index (χ1) is 10.7. The molecule has 1 unspecified atom stereocenters. The number of amides is 2. The maximum absolute atomic E-state index is 12.5. The van der Waals surface area contributed by atoms with Crippen LogP contribution in [0.15, 0.2) is 24.3 Å². The number of carbonyl (C=O) groups is 1. The largest absolute Gasteiger partial charge is 0.372 e. The van der Waals surface area contributed by atoms with Gasteiger partial charge in [0.25, 0.3) is 0 Å². The van der Waals surface area contributed by atoms with Gasteiger partial charge in [0, 0.05) is 37.1 Å². The molecule has 2 rings (SSSR count). The molecule has 0 aromatic heterocycles. The Kier molecular flexibility index (Phi) is 6.10. The first-order valence-electron chi connectivity index (χ1n) is 8.62. The number of benzene rings is 1. The predicted octanol–water partition coefficient (Wildman–Crippen LogP) is 4.33. The monoisotopic (exact) mass is 303 g/mol. The quantitative estimate of drug-likeness (QED) is 0.879. The summed E-state index contributed by atoms with van der Waals surface area (Å²) in [6, 6.07) is 8.59. The number of urea groups is 1. The van der Waals surface area contributed by atoms with E-state index in [9.17, 15) is 4.79 Å². The zero-order valence-electron chi connectivity index (χ0n) is 14.1. The van der Waals surface area contributed by atoms with Crippen molar-refractivity contribution in [3.63, 3.8) is 0 Å². The molecule has 1 aromatic carbocycles. The molecule has 122 valence electrons. The van der Waals surface area contributed by atoms with Crippen molar-refractivity contribution < 1.29 is 4.79 Å². The third-order valence-corrected chi connectivity index (χ3v) is 4.61. The molecule has 0 radical (unpaired) electrons. The van der Waals surface area contributed by atoms with E-state index >= 15 is 0 Å². The Morgan fingerprint density at radius 2 is 1.86 bits per heavy atom. The van der Waals surface area contributed by atoms with E-state index in [0.717, 1.165) is 44.6 Å². The lowest BCUT2D eigenvalue weighted by Gasteiger charge is -2.35. The second kappa shape index (κ2) is 8.06. The highest BCUT2D eigenvalue weighted by molar-refractivity contribution is 5.89. The highest BCUT2D eigenvalue weighted by Gasteiger charge is 2.25. The van der Waals surface area contributed by atoms with Crippen molar-refractivity contribution in [2.75, 3.05) is 29.9 Å². The predicted molar refractivity (Wildman–Crippen MR) is 93.7 cm³/mol. The standard InChI is InChI=1S/C18H29N3O/c1-4-16-9-7-8-14-21(16)18(22)19-15-10-12-17(13-11-15)20(5-2)6-3/h10-13,16H,4-9,14H2,1-3H3,(H,19,22). The van der Waals surface area contributed by atoms with Gasteiger partial charge in [0.05, 0.1) is 0 Å². The van der Waals surface area contributed by atoms with Crippen LogP contribution < -0.4 is 10.2 Å². The van der Waals surface area contributed by atoms with Crippen molar-refractivity contribution in [2.45, 2.75) is 52.5 Å². The number of nitrogens with one attached hydrogen (secondary N) is 1. The lowest BCUT2D eigenvalue weighted by atomic mass is 10.0. The van der Waals surface area contributed by atoms with Gasteiger partial charge in [-0.2, -0.15) is 0 Å². The third kappa shape index (κ3) is 3.93. The molecule has 0 bridgehead atoms. The van der Waals surface area contributed by atoms with Gasteiger partial charge in [-0.25, -0.2) is 4.79 Å². The van der Waals surface area contributed by atoms with Crippen LogP contribution in [0, 0.1) is 0 Å². The minimum Gasteiger partial charge on any atom is -0.372 e. The molecule has 1 aliphatic heterocycles. The smallest absolute Gasteiger partial charge is 0.322 e. The summed E-state index contributed by atoms with van der Waals surface area (Å²) in [5, 5.41) is 3.05. The molecule has 0 spiro atoms. The zero-order chi connectivity index (χ0) is 15.9. The molecule has 1 fully saturated rings. The van der Waals surface area contributed by atoms with Crippen LogP contribution in [0.1, 0.15) is 46.5 Å². The second-order valence-corrected chi connectivity index (χ2v) is 5.90. The SMILES string of the molecule is CCC1CCCCN1C(=O)Nc1ccc(N(CC)CC)cc1. The number of nitrogens with zero attached hydrogens (tertiary/aromatic N) is 2. The molecule has 22 heavy (non-hydrogen) atoms. The molecule has 1 atom stereocenters. The Hall–Kier alpha value is -1.71. The molecule has 1 N–H and O–H groups in total. The fourth-order valence-corrected chi connectivity index (χ4v) is 3.23. The summed E-state index contributed by atoms with van der Waals surface area (Å²) in [6.45, 7) is 9.33. The van der Waals surface area contributed by atoms with Crippen LogP contribution in [-0.4, -0.2) is 36.6 Å². The summed E-state index contributed by atoms with van der Waals surface area (Å²) in [5.41, 5.74) is 2.08. The minimum absolute atomic E-state index is 0.0436. The van der Waals surface area contributed by atoms with Crippen molar-refractivity contribution >= 4 is 17.4 Å². The zero-order valence-corrected chi connectivity index (χ0v) is 14.1. The van der Waals surface area contributed by atoms with Gasteiger partial charge < -0.3 is 15.1 Å². The topological polar surface area (TPSA) is 35.6 Å². The number of carbonyl (C=O) groups excluding carboxylic acids is 1. The lowest BCUT2D eigenvalue weighted by Crippen LogP contribution is -2.45. The molecular formula is C18H29N3O. The highest BCUT2D eigenvalue weighted by atomic mass is 16.2. The maximum atomic E-state index is 12.5. The van der Waals surface area contributed by atoms with E-state index in [4.69, 9.17) is 0 Å². The second-order valence-electron chi connectivity index (χ2n) is 5.90. The van der Waals surface area contributed by atoms with Gasteiger partial charge in [0.1, 0.15) is 0 Å². The molecule has 0 saturated carbocycles. The van der Waals surface area contributed by atoms with Gasteiger partial charge in [-0.1, -0.05) is 6.92 Å². The molecule has 1 aliphatic rings. The summed E-state index contributed by atoms with van der Waals surface area (Å²) in [4.78, 5) is 16.8. The van der Waals surface area contributed by atoms with E-state index in [2.05, 4.69) is 43.1 Å². The van der Waals surface area contributed by atoms with Crippen molar-refractivity contribution in [3.05, 3.63) is 24.3 Å². The Bertz CT molecular complexity index is 468. The molecule has 1 aromatic rings. The van der Waals surface area contributed by atoms with Crippen LogP contribution in [0.25, 0.3) is 0 Å². The number of hydrogen-bond acceptors (Lipinski definition) is 2. The molecule has 2 amide bonds. The average molecular weight is 303 g/mol. The Morgan fingerprint density at radius 3 is 2.45 bits per heavy atom. The van der Waals surface area contributed by atoms with E-state index in [-0.39, 0.29) is 6.03 Å². The van der Waals surface area contributed by atoms with E-state index in [1.54, 1.807) is 0 Å². The molecular weight excluding hydrogens is 274 g/mol. The minimum atomic E-state index is 0.0436. The normalized spacial score (nSPS) is 18.1.